The smallest absolute Gasteiger partial charge is 0.0445 e. The van der Waals surface area contributed by atoms with E-state index in [1.165, 1.54) is 38.5 Å². The summed E-state index contributed by atoms with van der Waals surface area (Å²) in [6.07, 6.45) is 9.58. The Labute approximate surface area is 92.4 Å². The molecule has 3 rings (SSSR count). The lowest BCUT2D eigenvalue weighted by atomic mass is 9.94. The summed E-state index contributed by atoms with van der Waals surface area (Å²) < 4.78 is 0. The monoisotopic (exact) mass is 209 g/mol. The molecule has 0 heterocycles. The molecule has 2 bridgehead atoms. The minimum absolute atomic E-state index is 0.356. The van der Waals surface area contributed by atoms with Gasteiger partial charge in [-0.25, -0.2) is 0 Å². The van der Waals surface area contributed by atoms with E-state index in [0.29, 0.717) is 12.6 Å². The summed E-state index contributed by atoms with van der Waals surface area (Å²) >= 11 is 0. The van der Waals surface area contributed by atoms with E-state index in [2.05, 4.69) is 5.32 Å². The topological polar surface area (TPSA) is 32.3 Å². The van der Waals surface area contributed by atoms with Gasteiger partial charge in [0.15, 0.2) is 0 Å². The number of hydrogen-bond donors (Lipinski definition) is 2. The molecule has 2 nitrogen and oxygen atoms in total. The zero-order valence-corrected chi connectivity index (χ0v) is 9.49. The van der Waals surface area contributed by atoms with Crippen molar-refractivity contribution >= 4 is 0 Å². The van der Waals surface area contributed by atoms with E-state index in [1.54, 1.807) is 0 Å². The van der Waals surface area contributed by atoms with Gasteiger partial charge in [-0.15, -0.1) is 0 Å². The lowest BCUT2D eigenvalue weighted by Crippen LogP contribution is -2.43. The standard InChI is InChI=1S/C13H23NO/c15-6-5-12(10-3-4-10)14-13-8-9-1-2-11(13)7-9/h9-15H,1-8H2. The maximum absolute atomic E-state index is 9.08. The van der Waals surface area contributed by atoms with Crippen molar-refractivity contribution in [2.24, 2.45) is 17.8 Å². The third-order valence-corrected chi connectivity index (χ3v) is 4.80. The van der Waals surface area contributed by atoms with Gasteiger partial charge in [0.1, 0.15) is 0 Å². The Morgan fingerprint density at radius 1 is 1.13 bits per heavy atom. The fourth-order valence-electron chi connectivity index (χ4n) is 3.82. The van der Waals surface area contributed by atoms with Crippen LogP contribution in [0.1, 0.15) is 44.9 Å². The average Bonchev–Trinajstić information content (AvgIpc) is 2.89. The van der Waals surface area contributed by atoms with E-state index in [1.807, 2.05) is 0 Å². The molecular weight excluding hydrogens is 186 g/mol. The van der Waals surface area contributed by atoms with Crippen molar-refractivity contribution in [1.29, 1.82) is 0 Å². The van der Waals surface area contributed by atoms with Crippen LogP contribution >= 0.6 is 0 Å². The molecule has 4 unspecified atom stereocenters. The molecule has 2 N–H and O–H groups in total. The molecule has 3 fully saturated rings. The van der Waals surface area contributed by atoms with Crippen molar-refractivity contribution in [3.05, 3.63) is 0 Å². The molecule has 3 saturated carbocycles. The minimum atomic E-state index is 0.356. The third-order valence-electron chi connectivity index (χ3n) is 4.80. The normalized spacial score (nSPS) is 41.0. The second-order valence-corrected chi connectivity index (χ2v) is 5.90. The van der Waals surface area contributed by atoms with Gasteiger partial charge in [0, 0.05) is 18.7 Å². The predicted molar refractivity (Wildman–Crippen MR) is 60.6 cm³/mol. The first-order valence-corrected chi connectivity index (χ1v) is 6.73. The fraction of sp³-hybridized carbons (Fsp3) is 1.00. The van der Waals surface area contributed by atoms with Crippen molar-refractivity contribution in [2.45, 2.75) is 57.0 Å². The summed E-state index contributed by atoms with van der Waals surface area (Å²) in [7, 11) is 0. The molecule has 3 aliphatic carbocycles. The highest BCUT2D eigenvalue weighted by Crippen LogP contribution is 2.45. The van der Waals surface area contributed by atoms with Crippen molar-refractivity contribution < 1.29 is 5.11 Å². The predicted octanol–water partition coefficient (Wildman–Crippen LogP) is 1.93. The van der Waals surface area contributed by atoms with Gasteiger partial charge < -0.3 is 10.4 Å². The van der Waals surface area contributed by atoms with Crippen LogP contribution in [-0.4, -0.2) is 23.8 Å². The quantitative estimate of drug-likeness (QED) is 0.725. The Hall–Kier alpha value is -0.0800. The van der Waals surface area contributed by atoms with Gasteiger partial charge in [-0.05, 0) is 56.3 Å². The van der Waals surface area contributed by atoms with Crippen LogP contribution in [0.15, 0.2) is 0 Å². The third kappa shape index (κ3) is 2.07. The van der Waals surface area contributed by atoms with Crippen molar-refractivity contribution in [3.8, 4) is 0 Å². The first-order chi connectivity index (χ1) is 7.36. The minimum Gasteiger partial charge on any atom is -0.396 e. The van der Waals surface area contributed by atoms with E-state index in [9.17, 15) is 0 Å². The Balaban J connectivity index is 1.54. The van der Waals surface area contributed by atoms with E-state index in [-0.39, 0.29) is 0 Å². The Bertz CT molecular complexity index is 227. The van der Waals surface area contributed by atoms with Crippen LogP contribution in [0.3, 0.4) is 0 Å². The Morgan fingerprint density at radius 3 is 2.53 bits per heavy atom. The average molecular weight is 209 g/mol. The second-order valence-electron chi connectivity index (χ2n) is 5.90. The van der Waals surface area contributed by atoms with Crippen LogP contribution in [0.5, 0.6) is 0 Å². The highest BCUT2D eigenvalue weighted by Gasteiger charge is 2.41. The molecule has 0 aliphatic heterocycles. The molecule has 0 saturated heterocycles. The first kappa shape index (κ1) is 10.1. The molecule has 0 radical (unpaired) electrons. The summed E-state index contributed by atoms with van der Waals surface area (Å²) in [6, 6.07) is 1.42. The molecule has 0 amide bonds. The number of rotatable bonds is 5. The lowest BCUT2D eigenvalue weighted by molar-refractivity contribution is 0.232. The molecule has 3 aliphatic rings. The molecule has 15 heavy (non-hydrogen) atoms. The Kier molecular flexibility index (Phi) is 2.73. The molecule has 0 aromatic carbocycles. The highest BCUT2D eigenvalue weighted by molar-refractivity contribution is 4.97. The van der Waals surface area contributed by atoms with Crippen LogP contribution in [0.2, 0.25) is 0 Å². The van der Waals surface area contributed by atoms with Gasteiger partial charge in [0.05, 0.1) is 0 Å². The number of aliphatic hydroxyl groups excluding tert-OH is 1. The summed E-state index contributed by atoms with van der Waals surface area (Å²) in [4.78, 5) is 0. The molecule has 4 atom stereocenters. The van der Waals surface area contributed by atoms with Gasteiger partial charge in [-0.3, -0.25) is 0 Å². The number of fused-ring (bicyclic) bond motifs is 2. The van der Waals surface area contributed by atoms with Crippen LogP contribution in [0.4, 0.5) is 0 Å². The summed E-state index contributed by atoms with van der Waals surface area (Å²) in [5, 5.41) is 12.9. The van der Waals surface area contributed by atoms with Crippen LogP contribution in [-0.2, 0) is 0 Å². The molecule has 86 valence electrons. The maximum Gasteiger partial charge on any atom is 0.0445 e. The first-order valence-electron chi connectivity index (χ1n) is 6.73. The maximum atomic E-state index is 9.08. The van der Waals surface area contributed by atoms with Crippen LogP contribution < -0.4 is 5.32 Å². The molecule has 0 spiro atoms. The SMILES string of the molecule is OCCC(NC1CC2CCC1C2)C1CC1. The van der Waals surface area contributed by atoms with Crippen LogP contribution in [0, 0.1) is 17.8 Å². The largest absolute Gasteiger partial charge is 0.396 e. The van der Waals surface area contributed by atoms with Crippen molar-refractivity contribution in [2.75, 3.05) is 6.61 Å². The fourth-order valence-corrected chi connectivity index (χ4v) is 3.82. The van der Waals surface area contributed by atoms with E-state index >= 15 is 0 Å². The number of aliphatic hydroxyl groups is 1. The van der Waals surface area contributed by atoms with Crippen LogP contribution in [0.25, 0.3) is 0 Å². The van der Waals surface area contributed by atoms with Gasteiger partial charge in [0.25, 0.3) is 0 Å². The van der Waals surface area contributed by atoms with E-state index in [4.69, 9.17) is 5.11 Å². The van der Waals surface area contributed by atoms with E-state index < -0.39 is 0 Å². The zero-order valence-electron chi connectivity index (χ0n) is 9.49. The molecule has 0 aromatic heterocycles. The van der Waals surface area contributed by atoms with Gasteiger partial charge >= 0.3 is 0 Å². The van der Waals surface area contributed by atoms with Gasteiger partial charge in [-0.1, -0.05) is 6.42 Å². The van der Waals surface area contributed by atoms with E-state index in [0.717, 1.165) is 30.2 Å². The summed E-state index contributed by atoms with van der Waals surface area (Å²) in [6.45, 7) is 0.356. The van der Waals surface area contributed by atoms with Crippen molar-refractivity contribution in [3.63, 3.8) is 0 Å². The summed E-state index contributed by atoms with van der Waals surface area (Å²) in [5.74, 6) is 2.88. The second kappa shape index (κ2) is 4.06. The van der Waals surface area contributed by atoms with Gasteiger partial charge in [0.2, 0.25) is 0 Å². The number of nitrogens with one attached hydrogen (secondary N) is 1. The molecular formula is C13H23NO. The molecule has 2 heteroatoms. The lowest BCUT2D eigenvalue weighted by Gasteiger charge is -2.28. The number of hydrogen-bond acceptors (Lipinski definition) is 2. The zero-order chi connectivity index (χ0) is 10.3. The van der Waals surface area contributed by atoms with Gasteiger partial charge in [-0.2, -0.15) is 0 Å². The Morgan fingerprint density at radius 2 is 2.00 bits per heavy atom. The molecule has 0 aromatic rings. The van der Waals surface area contributed by atoms with Crippen molar-refractivity contribution in [1.82, 2.24) is 5.32 Å². The highest BCUT2D eigenvalue weighted by atomic mass is 16.3. The summed E-state index contributed by atoms with van der Waals surface area (Å²) in [5.41, 5.74) is 0.